The molecule has 0 aliphatic rings. The maximum absolute atomic E-state index is 4.60. The maximum Gasteiger partial charge on any atom is 0.214 e. The molecule has 1 N–H and O–H groups in total. The minimum atomic E-state index is 0.656. The van der Waals surface area contributed by atoms with Crippen molar-refractivity contribution in [3.8, 4) is 11.4 Å². The second-order valence-corrected chi connectivity index (χ2v) is 5.84. The van der Waals surface area contributed by atoms with Crippen LogP contribution >= 0.6 is 11.8 Å². The van der Waals surface area contributed by atoms with E-state index in [-0.39, 0.29) is 0 Å². The Hall–Kier alpha value is -2.74. The van der Waals surface area contributed by atoms with Gasteiger partial charge in [0.1, 0.15) is 10.9 Å². The van der Waals surface area contributed by atoms with Crippen molar-refractivity contribution in [2.45, 2.75) is 23.5 Å². The third-order valence-corrected chi connectivity index (χ3v) is 4.10. The second kappa shape index (κ2) is 5.81. The Labute approximate surface area is 136 Å². The van der Waals surface area contributed by atoms with Gasteiger partial charge in [0.2, 0.25) is 5.16 Å². The van der Waals surface area contributed by atoms with Crippen LogP contribution in [0, 0.1) is 0 Å². The Balaban J connectivity index is 1.72. The maximum atomic E-state index is 4.60. The molecule has 7 nitrogen and oxygen atoms in total. The Morgan fingerprint density at radius 2 is 1.96 bits per heavy atom. The highest BCUT2D eigenvalue weighted by atomic mass is 32.2. The molecule has 0 amide bonds. The van der Waals surface area contributed by atoms with Gasteiger partial charge in [0.05, 0.1) is 0 Å². The summed E-state index contributed by atoms with van der Waals surface area (Å²) in [6.07, 6.45) is 0.823. The fourth-order valence-electron chi connectivity index (χ4n) is 2.17. The molecule has 23 heavy (non-hydrogen) atoms. The average molecular weight is 323 g/mol. The molecule has 0 unspecified atom stereocenters. The van der Waals surface area contributed by atoms with E-state index in [1.54, 1.807) is 4.52 Å². The van der Waals surface area contributed by atoms with Crippen LogP contribution in [0.2, 0.25) is 0 Å². The van der Waals surface area contributed by atoms with Crippen LogP contribution in [-0.4, -0.2) is 35.0 Å². The van der Waals surface area contributed by atoms with Gasteiger partial charge in [0, 0.05) is 12.0 Å². The van der Waals surface area contributed by atoms with Gasteiger partial charge in [-0.05, 0) is 23.9 Å². The molecule has 1 aromatic carbocycles. The Morgan fingerprint density at radius 1 is 1.09 bits per heavy atom. The van der Waals surface area contributed by atoms with Crippen LogP contribution in [0.1, 0.15) is 12.7 Å². The summed E-state index contributed by atoms with van der Waals surface area (Å²) in [6.45, 7) is 2.03. The summed E-state index contributed by atoms with van der Waals surface area (Å²) in [7, 11) is 0. The van der Waals surface area contributed by atoms with Crippen LogP contribution in [0.3, 0.4) is 0 Å². The second-order valence-electron chi connectivity index (χ2n) is 4.85. The van der Waals surface area contributed by atoms with E-state index in [4.69, 9.17) is 0 Å². The summed E-state index contributed by atoms with van der Waals surface area (Å²) >= 11 is 1.40. The van der Waals surface area contributed by atoms with Crippen LogP contribution in [0.5, 0.6) is 0 Å². The van der Waals surface area contributed by atoms with E-state index >= 15 is 0 Å². The molecule has 0 saturated heterocycles. The van der Waals surface area contributed by atoms with E-state index in [1.807, 2.05) is 49.4 Å². The Kier molecular flexibility index (Phi) is 3.51. The van der Waals surface area contributed by atoms with E-state index in [9.17, 15) is 0 Å². The smallest absolute Gasteiger partial charge is 0.214 e. The Bertz CT molecular complexity index is 945. The summed E-state index contributed by atoms with van der Waals surface area (Å²) < 4.78 is 1.74. The highest BCUT2D eigenvalue weighted by Gasteiger charge is 2.11. The number of nitrogens with zero attached hydrogens (tertiary/aromatic N) is 6. The number of benzene rings is 1. The lowest BCUT2D eigenvalue weighted by Gasteiger charge is -2.01. The van der Waals surface area contributed by atoms with Crippen molar-refractivity contribution in [3.05, 3.63) is 48.3 Å². The fraction of sp³-hybridized carbons (Fsp3) is 0.133. The predicted molar refractivity (Wildman–Crippen MR) is 86.1 cm³/mol. The average Bonchev–Trinajstić information content (AvgIpc) is 3.22. The molecule has 0 bridgehead atoms. The summed E-state index contributed by atoms with van der Waals surface area (Å²) in [5.74, 6) is 1.58. The summed E-state index contributed by atoms with van der Waals surface area (Å²) in [5.41, 5.74) is 1.68. The largest absolute Gasteiger partial charge is 0.262 e. The number of aromatic amines is 1. The van der Waals surface area contributed by atoms with Crippen molar-refractivity contribution >= 4 is 17.4 Å². The van der Waals surface area contributed by atoms with Gasteiger partial charge in [-0.15, -0.1) is 15.3 Å². The van der Waals surface area contributed by atoms with Gasteiger partial charge in [-0.1, -0.05) is 37.3 Å². The number of aromatic nitrogens is 7. The summed E-state index contributed by atoms with van der Waals surface area (Å²) in [6, 6.07) is 13.7. The molecule has 4 rings (SSSR count). The van der Waals surface area contributed by atoms with E-state index in [0.29, 0.717) is 16.6 Å². The minimum Gasteiger partial charge on any atom is -0.262 e. The standard InChI is InChI=1S/C15H13N7S/c1-2-11-16-15(20-17-11)23-13-9-8-12-18-19-14(22(12)21-13)10-6-4-3-5-7-10/h3-9H,2H2,1H3,(H,16,17,20). The first-order valence-electron chi connectivity index (χ1n) is 7.20. The number of H-pyrrole nitrogens is 1. The molecule has 8 heteroatoms. The molecule has 0 fully saturated rings. The van der Waals surface area contributed by atoms with E-state index in [2.05, 4.69) is 30.5 Å². The fourth-order valence-corrected chi connectivity index (χ4v) is 2.86. The molecule has 0 aliphatic carbocycles. The third-order valence-electron chi connectivity index (χ3n) is 3.31. The molecular weight excluding hydrogens is 310 g/mol. The van der Waals surface area contributed by atoms with Gasteiger partial charge in [0.15, 0.2) is 11.5 Å². The molecule has 4 aromatic rings. The lowest BCUT2D eigenvalue weighted by Crippen LogP contribution is -1.96. The highest BCUT2D eigenvalue weighted by Crippen LogP contribution is 2.24. The van der Waals surface area contributed by atoms with Crippen molar-refractivity contribution in [1.29, 1.82) is 0 Å². The molecule has 0 saturated carbocycles. The third kappa shape index (κ3) is 2.68. The molecule has 114 valence electrons. The van der Waals surface area contributed by atoms with Crippen LogP contribution in [0.25, 0.3) is 17.0 Å². The number of fused-ring (bicyclic) bond motifs is 1. The number of aryl methyl sites for hydroxylation is 1. The zero-order valence-corrected chi connectivity index (χ0v) is 13.2. The molecule has 0 atom stereocenters. The Morgan fingerprint density at radius 3 is 2.74 bits per heavy atom. The van der Waals surface area contributed by atoms with E-state index < -0.39 is 0 Å². The van der Waals surface area contributed by atoms with Crippen molar-refractivity contribution in [2.24, 2.45) is 0 Å². The summed E-state index contributed by atoms with van der Waals surface area (Å²) in [4.78, 5) is 4.39. The van der Waals surface area contributed by atoms with Gasteiger partial charge in [-0.2, -0.15) is 9.61 Å². The van der Waals surface area contributed by atoms with Crippen LogP contribution in [0.15, 0.2) is 52.6 Å². The predicted octanol–water partition coefficient (Wildman–Crippen LogP) is 2.62. The number of hydrogen-bond donors (Lipinski definition) is 1. The first-order valence-corrected chi connectivity index (χ1v) is 8.02. The van der Waals surface area contributed by atoms with Crippen LogP contribution in [0.4, 0.5) is 0 Å². The molecule has 3 heterocycles. The zero-order valence-electron chi connectivity index (χ0n) is 12.3. The van der Waals surface area contributed by atoms with Gasteiger partial charge >= 0.3 is 0 Å². The van der Waals surface area contributed by atoms with Crippen LogP contribution < -0.4 is 0 Å². The zero-order chi connectivity index (χ0) is 15.6. The first-order chi connectivity index (χ1) is 11.3. The van der Waals surface area contributed by atoms with Crippen molar-refractivity contribution < 1.29 is 0 Å². The van der Waals surface area contributed by atoms with Gasteiger partial charge in [-0.25, -0.2) is 4.98 Å². The van der Waals surface area contributed by atoms with Crippen molar-refractivity contribution in [3.63, 3.8) is 0 Å². The number of hydrogen-bond acceptors (Lipinski definition) is 6. The molecule has 3 aromatic heterocycles. The molecule has 0 aliphatic heterocycles. The van der Waals surface area contributed by atoms with Crippen molar-refractivity contribution in [1.82, 2.24) is 35.0 Å². The van der Waals surface area contributed by atoms with E-state index in [0.717, 1.165) is 22.8 Å². The number of rotatable bonds is 4. The SMILES string of the molecule is CCc1nc(Sc2ccc3nnc(-c4ccccc4)n3n2)n[nH]1. The molecule has 0 spiro atoms. The normalized spacial score (nSPS) is 11.2. The van der Waals surface area contributed by atoms with Gasteiger partial charge < -0.3 is 0 Å². The summed E-state index contributed by atoms with van der Waals surface area (Å²) in [5, 5.41) is 21.5. The topological polar surface area (TPSA) is 84.7 Å². The van der Waals surface area contributed by atoms with Gasteiger partial charge in [0.25, 0.3) is 0 Å². The lowest BCUT2D eigenvalue weighted by molar-refractivity contribution is 0.855. The van der Waals surface area contributed by atoms with Gasteiger partial charge in [-0.3, -0.25) is 5.10 Å². The molecule has 0 radical (unpaired) electrons. The number of nitrogens with one attached hydrogen (secondary N) is 1. The minimum absolute atomic E-state index is 0.656. The lowest BCUT2D eigenvalue weighted by atomic mass is 10.2. The van der Waals surface area contributed by atoms with Crippen molar-refractivity contribution in [2.75, 3.05) is 0 Å². The first kappa shape index (κ1) is 13.9. The van der Waals surface area contributed by atoms with E-state index in [1.165, 1.54) is 11.8 Å². The highest BCUT2D eigenvalue weighted by molar-refractivity contribution is 7.99. The van der Waals surface area contributed by atoms with Crippen LogP contribution in [-0.2, 0) is 6.42 Å². The monoisotopic (exact) mass is 323 g/mol. The quantitative estimate of drug-likeness (QED) is 0.621. The molecular formula is C15H13N7S.